The number of pyridine rings is 2. The lowest BCUT2D eigenvalue weighted by atomic mass is 10.1. The van der Waals surface area contributed by atoms with Gasteiger partial charge in [0.25, 0.3) is 5.91 Å². The van der Waals surface area contributed by atoms with E-state index in [-0.39, 0.29) is 5.91 Å². The number of amides is 1. The minimum atomic E-state index is -0.195. The molecule has 2 heterocycles. The van der Waals surface area contributed by atoms with Gasteiger partial charge in [-0.15, -0.1) is 0 Å². The van der Waals surface area contributed by atoms with Crippen molar-refractivity contribution in [2.45, 2.75) is 13.5 Å². The average Bonchev–Trinajstić information content (AvgIpc) is 2.85. The second-order valence-corrected chi connectivity index (χ2v) is 7.57. The van der Waals surface area contributed by atoms with Crippen molar-refractivity contribution in [1.82, 2.24) is 15.3 Å². The van der Waals surface area contributed by atoms with E-state index in [9.17, 15) is 4.79 Å². The molecule has 2 aromatic heterocycles. The SMILES string of the molecule is COc1cc(OC)c2c(Oc3cccc(C(=O)NCc4ccncc4)c3C)ccnc2c1Cl. The number of carbonyl (C=O) groups excluding carboxylic acids is 1. The van der Waals surface area contributed by atoms with Crippen molar-refractivity contribution in [2.24, 2.45) is 0 Å². The predicted octanol–water partition coefficient (Wildman–Crippen LogP) is 5.33. The van der Waals surface area contributed by atoms with Gasteiger partial charge in [0, 0.05) is 42.3 Å². The number of nitrogens with one attached hydrogen (secondary N) is 1. The summed E-state index contributed by atoms with van der Waals surface area (Å²) in [5.74, 6) is 1.81. The van der Waals surface area contributed by atoms with Crippen LogP contribution in [-0.4, -0.2) is 30.1 Å². The summed E-state index contributed by atoms with van der Waals surface area (Å²) >= 11 is 6.47. The molecule has 4 rings (SSSR count). The van der Waals surface area contributed by atoms with Crippen LogP contribution in [0.3, 0.4) is 0 Å². The molecule has 0 aliphatic rings. The third-order valence-corrected chi connectivity index (χ3v) is 5.60. The Balaban J connectivity index is 1.66. The topological polar surface area (TPSA) is 82.6 Å². The summed E-state index contributed by atoms with van der Waals surface area (Å²) in [5.41, 5.74) is 2.68. The van der Waals surface area contributed by atoms with Crippen molar-refractivity contribution in [3.8, 4) is 23.0 Å². The van der Waals surface area contributed by atoms with Gasteiger partial charge in [0.2, 0.25) is 0 Å². The number of nitrogens with zero attached hydrogens (tertiary/aromatic N) is 2. The number of fused-ring (bicyclic) bond motifs is 1. The van der Waals surface area contributed by atoms with Gasteiger partial charge >= 0.3 is 0 Å². The third-order valence-electron chi connectivity index (χ3n) is 5.24. The molecule has 4 aromatic rings. The molecule has 1 amide bonds. The van der Waals surface area contributed by atoms with Gasteiger partial charge in [0.1, 0.15) is 33.5 Å². The Kier molecular flexibility index (Phi) is 6.60. The third kappa shape index (κ3) is 4.54. The highest BCUT2D eigenvalue weighted by Crippen LogP contribution is 2.43. The van der Waals surface area contributed by atoms with Crippen LogP contribution in [0.5, 0.6) is 23.0 Å². The maximum atomic E-state index is 12.8. The summed E-state index contributed by atoms with van der Waals surface area (Å²) in [6, 6.07) is 12.5. The lowest BCUT2D eigenvalue weighted by Gasteiger charge is -2.16. The second kappa shape index (κ2) is 9.75. The highest BCUT2D eigenvalue weighted by atomic mass is 35.5. The minimum Gasteiger partial charge on any atom is -0.496 e. The Morgan fingerprint density at radius 1 is 0.970 bits per heavy atom. The van der Waals surface area contributed by atoms with Crippen LogP contribution in [0, 0.1) is 6.92 Å². The summed E-state index contributed by atoms with van der Waals surface area (Å²) < 4.78 is 17.1. The smallest absolute Gasteiger partial charge is 0.251 e. The van der Waals surface area contributed by atoms with Crippen LogP contribution in [0.15, 0.2) is 61.1 Å². The van der Waals surface area contributed by atoms with Crippen LogP contribution in [0.4, 0.5) is 0 Å². The molecular weight excluding hydrogens is 442 g/mol. The highest BCUT2D eigenvalue weighted by molar-refractivity contribution is 6.37. The molecule has 0 aliphatic heterocycles. The maximum Gasteiger partial charge on any atom is 0.251 e. The van der Waals surface area contributed by atoms with Gasteiger partial charge in [0.05, 0.1) is 19.6 Å². The van der Waals surface area contributed by atoms with Crippen molar-refractivity contribution >= 4 is 28.4 Å². The van der Waals surface area contributed by atoms with E-state index in [4.69, 9.17) is 25.8 Å². The Morgan fingerprint density at radius 3 is 2.45 bits per heavy atom. The van der Waals surface area contributed by atoms with E-state index in [1.807, 2.05) is 19.1 Å². The number of hydrogen-bond acceptors (Lipinski definition) is 6. The molecule has 8 heteroatoms. The summed E-state index contributed by atoms with van der Waals surface area (Å²) in [7, 11) is 3.08. The van der Waals surface area contributed by atoms with E-state index in [0.717, 1.165) is 5.56 Å². The van der Waals surface area contributed by atoms with E-state index in [1.54, 1.807) is 56.0 Å². The molecule has 0 bridgehead atoms. The highest BCUT2D eigenvalue weighted by Gasteiger charge is 2.19. The molecule has 0 spiro atoms. The van der Waals surface area contributed by atoms with Crippen LogP contribution in [0.1, 0.15) is 21.5 Å². The van der Waals surface area contributed by atoms with Gasteiger partial charge in [-0.25, -0.2) is 0 Å². The lowest BCUT2D eigenvalue weighted by molar-refractivity contribution is 0.0950. The number of benzene rings is 2. The fraction of sp³-hybridized carbons (Fsp3) is 0.160. The molecule has 0 aliphatic carbocycles. The fourth-order valence-electron chi connectivity index (χ4n) is 3.48. The van der Waals surface area contributed by atoms with Gasteiger partial charge in [0.15, 0.2) is 0 Å². The lowest BCUT2D eigenvalue weighted by Crippen LogP contribution is -2.23. The van der Waals surface area contributed by atoms with Crippen LogP contribution < -0.4 is 19.5 Å². The zero-order chi connectivity index (χ0) is 23.4. The Bertz CT molecular complexity index is 1310. The van der Waals surface area contributed by atoms with Crippen molar-refractivity contribution in [3.63, 3.8) is 0 Å². The van der Waals surface area contributed by atoms with E-state index in [2.05, 4.69) is 15.3 Å². The summed E-state index contributed by atoms with van der Waals surface area (Å²) in [6.45, 7) is 2.24. The molecule has 1 N–H and O–H groups in total. The van der Waals surface area contributed by atoms with Crippen molar-refractivity contribution in [3.05, 3.63) is 82.8 Å². The van der Waals surface area contributed by atoms with Gasteiger partial charge in [-0.3, -0.25) is 14.8 Å². The van der Waals surface area contributed by atoms with E-state index in [0.29, 0.717) is 56.6 Å². The molecule has 33 heavy (non-hydrogen) atoms. The van der Waals surface area contributed by atoms with Gasteiger partial charge in [-0.05, 0) is 42.8 Å². The number of aromatic nitrogens is 2. The molecular formula is C25H22ClN3O4. The number of rotatable bonds is 7. The molecule has 0 saturated heterocycles. The van der Waals surface area contributed by atoms with Crippen LogP contribution in [0.25, 0.3) is 10.9 Å². The zero-order valence-corrected chi connectivity index (χ0v) is 19.1. The first-order chi connectivity index (χ1) is 16.0. The predicted molar refractivity (Wildman–Crippen MR) is 127 cm³/mol. The zero-order valence-electron chi connectivity index (χ0n) is 18.4. The molecule has 0 radical (unpaired) electrons. The molecule has 2 aromatic carbocycles. The van der Waals surface area contributed by atoms with Crippen LogP contribution in [-0.2, 0) is 6.54 Å². The van der Waals surface area contributed by atoms with Crippen molar-refractivity contribution < 1.29 is 19.0 Å². The standard InChI is InChI=1S/C25H22ClN3O4/c1-15-17(25(30)29-14-16-7-10-27-11-8-16)5-4-6-18(15)33-19-9-12-28-24-22(19)20(31-2)13-21(32-3)23(24)26/h4-13H,14H2,1-3H3,(H,29,30). The van der Waals surface area contributed by atoms with Gasteiger partial charge in [-0.2, -0.15) is 0 Å². The minimum absolute atomic E-state index is 0.195. The van der Waals surface area contributed by atoms with Crippen molar-refractivity contribution in [2.75, 3.05) is 14.2 Å². The Morgan fingerprint density at radius 2 is 1.73 bits per heavy atom. The van der Waals surface area contributed by atoms with Crippen molar-refractivity contribution in [1.29, 1.82) is 0 Å². The normalized spacial score (nSPS) is 10.7. The number of ether oxygens (including phenoxy) is 3. The second-order valence-electron chi connectivity index (χ2n) is 7.20. The fourth-order valence-corrected chi connectivity index (χ4v) is 3.76. The van der Waals surface area contributed by atoms with E-state index >= 15 is 0 Å². The summed E-state index contributed by atoms with van der Waals surface area (Å²) in [5, 5.41) is 3.90. The first-order valence-electron chi connectivity index (χ1n) is 10.2. The average molecular weight is 464 g/mol. The number of carbonyl (C=O) groups is 1. The molecule has 0 atom stereocenters. The van der Waals surface area contributed by atoms with E-state index < -0.39 is 0 Å². The van der Waals surface area contributed by atoms with Crippen LogP contribution >= 0.6 is 11.6 Å². The molecule has 7 nitrogen and oxygen atoms in total. The molecule has 0 unspecified atom stereocenters. The van der Waals surface area contributed by atoms with Crippen LogP contribution in [0.2, 0.25) is 5.02 Å². The van der Waals surface area contributed by atoms with E-state index in [1.165, 1.54) is 7.11 Å². The Labute approximate surface area is 196 Å². The summed E-state index contributed by atoms with van der Waals surface area (Å²) in [4.78, 5) is 21.2. The first kappa shape index (κ1) is 22.4. The monoisotopic (exact) mass is 463 g/mol. The largest absolute Gasteiger partial charge is 0.496 e. The maximum absolute atomic E-state index is 12.8. The summed E-state index contributed by atoms with van der Waals surface area (Å²) in [6.07, 6.45) is 4.98. The molecule has 0 saturated carbocycles. The quantitative estimate of drug-likeness (QED) is 0.399. The van der Waals surface area contributed by atoms with Gasteiger partial charge in [-0.1, -0.05) is 17.7 Å². The molecule has 0 fully saturated rings. The first-order valence-corrected chi connectivity index (χ1v) is 10.5. The number of methoxy groups -OCH3 is 2. The number of halogens is 1. The Hall–Kier alpha value is -3.84. The molecule has 168 valence electrons. The number of hydrogen-bond donors (Lipinski definition) is 1. The van der Waals surface area contributed by atoms with Gasteiger partial charge < -0.3 is 19.5 Å².